The molecule has 0 saturated heterocycles. The fourth-order valence-electron chi connectivity index (χ4n) is 4.36. The van der Waals surface area contributed by atoms with E-state index in [0.29, 0.717) is 50.2 Å². The third-order valence-electron chi connectivity index (χ3n) is 6.32. The standard InChI is InChI=1S/C29H20ClN7O2/c30-21-9-11-22(12-10-21)36-27(18-6-4-17(5-7-18)20-8-13-25(31)33-15-20)35-28-24(29(36)39)16-34-37(28)23-3-1-2-19(14-23)26(32)38/h1-16H,(H2,31,33)(H2,32,38). The van der Waals surface area contributed by atoms with Crippen molar-refractivity contribution in [1.29, 1.82) is 0 Å². The number of halogens is 1. The summed E-state index contributed by atoms with van der Waals surface area (Å²) in [6.45, 7) is 0. The lowest BCUT2D eigenvalue weighted by Crippen LogP contribution is -2.22. The predicted octanol–water partition coefficient (Wildman–Crippen LogP) is 4.63. The molecule has 0 saturated carbocycles. The minimum absolute atomic E-state index is 0.304. The first-order valence-electron chi connectivity index (χ1n) is 11.9. The van der Waals surface area contributed by atoms with E-state index in [1.165, 1.54) is 15.4 Å². The molecular formula is C29H20ClN7O2. The number of fused-ring (bicyclic) bond motifs is 1. The van der Waals surface area contributed by atoms with Crippen LogP contribution in [0.4, 0.5) is 5.82 Å². The van der Waals surface area contributed by atoms with Crippen LogP contribution < -0.4 is 17.0 Å². The molecule has 39 heavy (non-hydrogen) atoms. The Labute approximate surface area is 226 Å². The highest BCUT2D eigenvalue weighted by Gasteiger charge is 2.19. The molecule has 3 aromatic carbocycles. The monoisotopic (exact) mass is 533 g/mol. The largest absolute Gasteiger partial charge is 0.384 e. The molecule has 0 radical (unpaired) electrons. The molecule has 0 unspecified atom stereocenters. The van der Waals surface area contributed by atoms with Gasteiger partial charge in [0.2, 0.25) is 5.91 Å². The Hall–Kier alpha value is -5.28. The lowest BCUT2D eigenvalue weighted by molar-refractivity contribution is 0.1000. The number of hydrogen-bond acceptors (Lipinski definition) is 6. The van der Waals surface area contributed by atoms with Gasteiger partial charge in [-0.05, 0) is 60.2 Å². The van der Waals surface area contributed by atoms with Crippen LogP contribution in [0.15, 0.2) is 102 Å². The Balaban J connectivity index is 1.57. The van der Waals surface area contributed by atoms with Crippen LogP contribution in [0.25, 0.3) is 44.9 Å². The summed E-state index contributed by atoms with van der Waals surface area (Å²) < 4.78 is 3.05. The van der Waals surface area contributed by atoms with Crippen molar-refractivity contribution in [2.75, 3.05) is 5.73 Å². The maximum atomic E-state index is 13.9. The van der Waals surface area contributed by atoms with Crippen molar-refractivity contribution in [3.63, 3.8) is 0 Å². The number of amides is 1. The number of benzene rings is 3. The highest BCUT2D eigenvalue weighted by Crippen LogP contribution is 2.27. The summed E-state index contributed by atoms with van der Waals surface area (Å²) in [4.78, 5) is 34.7. The van der Waals surface area contributed by atoms with Crippen molar-refractivity contribution in [3.05, 3.63) is 118 Å². The average Bonchev–Trinajstić information content (AvgIpc) is 3.39. The summed E-state index contributed by atoms with van der Waals surface area (Å²) in [6.07, 6.45) is 3.17. The molecular weight excluding hydrogens is 514 g/mol. The first kappa shape index (κ1) is 24.1. The van der Waals surface area contributed by atoms with Gasteiger partial charge in [-0.15, -0.1) is 0 Å². The van der Waals surface area contributed by atoms with Gasteiger partial charge >= 0.3 is 0 Å². The topological polar surface area (TPSA) is 135 Å². The number of rotatable bonds is 5. The van der Waals surface area contributed by atoms with Gasteiger partial charge in [0.05, 0.1) is 17.6 Å². The highest BCUT2D eigenvalue weighted by molar-refractivity contribution is 6.30. The minimum atomic E-state index is -0.566. The van der Waals surface area contributed by atoms with Crippen molar-refractivity contribution in [2.45, 2.75) is 0 Å². The van der Waals surface area contributed by atoms with Crippen LogP contribution in [-0.2, 0) is 0 Å². The summed E-state index contributed by atoms with van der Waals surface area (Å²) in [5.74, 6) is 0.283. The fraction of sp³-hybridized carbons (Fsp3) is 0. The second-order valence-electron chi connectivity index (χ2n) is 8.81. The molecule has 1 amide bonds. The maximum Gasteiger partial charge on any atom is 0.269 e. The molecule has 0 fully saturated rings. The Bertz CT molecular complexity index is 1910. The number of nitrogens with two attached hydrogens (primary N) is 2. The molecule has 10 heteroatoms. The lowest BCUT2D eigenvalue weighted by atomic mass is 10.0. The molecule has 6 aromatic rings. The van der Waals surface area contributed by atoms with E-state index in [0.717, 1.165) is 11.1 Å². The summed E-state index contributed by atoms with van der Waals surface area (Å²) in [7, 11) is 0. The second kappa shape index (κ2) is 9.55. The number of carbonyl (C=O) groups is 1. The zero-order valence-corrected chi connectivity index (χ0v) is 21.1. The molecule has 4 N–H and O–H groups in total. The van der Waals surface area contributed by atoms with E-state index in [9.17, 15) is 9.59 Å². The molecule has 3 heterocycles. The summed E-state index contributed by atoms with van der Waals surface area (Å²) in [5.41, 5.74) is 15.2. The van der Waals surface area contributed by atoms with Crippen LogP contribution in [0, 0.1) is 0 Å². The minimum Gasteiger partial charge on any atom is -0.384 e. The van der Waals surface area contributed by atoms with Crippen molar-refractivity contribution in [3.8, 4) is 33.9 Å². The van der Waals surface area contributed by atoms with Crippen LogP contribution in [0.1, 0.15) is 10.4 Å². The molecule has 0 atom stereocenters. The number of aromatic nitrogens is 5. The molecule has 0 aliphatic rings. The zero-order valence-electron chi connectivity index (χ0n) is 20.3. The Kier molecular flexibility index (Phi) is 5.90. The number of anilines is 1. The summed E-state index contributed by atoms with van der Waals surface area (Å²) in [6, 6.07) is 24.9. The van der Waals surface area contributed by atoms with Crippen LogP contribution in [0.3, 0.4) is 0 Å². The maximum absolute atomic E-state index is 13.9. The molecule has 0 aliphatic heterocycles. The molecule has 3 aromatic heterocycles. The van der Waals surface area contributed by atoms with E-state index in [-0.39, 0.29) is 5.56 Å². The van der Waals surface area contributed by atoms with Crippen LogP contribution in [-0.4, -0.2) is 30.2 Å². The predicted molar refractivity (Wildman–Crippen MR) is 151 cm³/mol. The third-order valence-corrected chi connectivity index (χ3v) is 6.58. The van der Waals surface area contributed by atoms with E-state index in [1.54, 1.807) is 60.8 Å². The van der Waals surface area contributed by atoms with E-state index in [1.807, 2.05) is 30.3 Å². The van der Waals surface area contributed by atoms with E-state index >= 15 is 0 Å². The molecule has 190 valence electrons. The van der Waals surface area contributed by atoms with Gasteiger partial charge in [0, 0.05) is 27.9 Å². The number of carbonyl (C=O) groups excluding carboxylic acids is 1. The molecule has 0 bridgehead atoms. The van der Waals surface area contributed by atoms with Gasteiger partial charge in [-0.1, -0.05) is 41.9 Å². The zero-order chi connectivity index (χ0) is 27.1. The Morgan fingerprint density at radius 1 is 0.821 bits per heavy atom. The van der Waals surface area contributed by atoms with Gasteiger partial charge in [0.1, 0.15) is 17.0 Å². The smallest absolute Gasteiger partial charge is 0.269 e. The molecule has 9 nitrogen and oxygen atoms in total. The van der Waals surface area contributed by atoms with Crippen LogP contribution in [0.2, 0.25) is 5.02 Å². The van der Waals surface area contributed by atoms with Crippen LogP contribution >= 0.6 is 11.6 Å². The normalized spacial score (nSPS) is 11.1. The summed E-state index contributed by atoms with van der Waals surface area (Å²) in [5, 5.41) is 5.28. The SMILES string of the molecule is NC(=O)c1cccc(-n2ncc3c(=O)n(-c4ccc(Cl)cc4)c(-c4ccc(-c5ccc(N)nc5)cc4)nc32)c1. The second-order valence-corrected chi connectivity index (χ2v) is 9.25. The van der Waals surface area contributed by atoms with E-state index < -0.39 is 5.91 Å². The van der Waals surface area contributed by atoms with Gasteiger partial charge < -0.3 is 11.5 Å². The molecule has 0 spiro atoms. The van der Waals surface area contributed by atoms with Gasteiger partial charge in [0.25, 0.3) is 5.56 Å². The quantitative estimate of drug-likeness (QED) is 0.331. The van der Waals surface area contributed by atoms with Crippen LogP contribution in [0.5, 0.6) is 0 Å². The lowest BCUT2D eigenvalue weighted by Gasteiger charge is -2.14. The third kappa shape index (κ3) is 4.41. The van der Waals surface area contributed by atoms with Crippen molar-refractivity contribution >= 4 is 34.4 Å². The summed E-state index contributed by atoms with van der Waals surface area (Å²) >= 11 is 6.12. The van der Waals surface area contributed by atoms with Crippen molar-refractivity contribution < 1.29 is 4.79 Å². The Morgan fingerprint density at radius 3 is 2.23 bits per heavy atom. The average molecular weight is 534 g/mol. The number of hydrogen-bond donors (Lipinski definition) is 2. The highest BCUT2D eigenvalue weighted by atomic mass is 35.5. The number of nitrogens with zero attached hydrogens (tertiary/aromatic N) is 5. The van der Waals surface area contributed by atoms with E-state index in [2.05, 4.69) is 10.1 Å². The van der Waals surface area contributed by atoms with Crippen molar-refractivity contribution in [1.82, 2.24) is 24.3 Å². The van der Waals surface area contributed by atoms with Crippen molar-refractivity contribution in [2.24, 2.45) is 5.73 Å². The molecule has 6 rings (SSSR count). The van der Waals surface area contributed by atoms with Gasteiger partial charge in [-0.25, -0.2) is 14.6 Å². The van der Waals surface area contributed by atoms with Gasteiger partial charge in [-0.3, -0.25) is 14.2 Å². The van der Waals surface area contributed by atoms with Gasteiger partial charge in [0.15, 0.2) is 5.65 Å². The molecule has 0 aliphatic carbocycles. The van der Waals surface area contributed by atoms with Gasteiger partial charge in [-0.2, -0.15) is 5.10 Å². The van der Waals surface area contributed by atoms with E-state index in [4.69, 9.17) is 28.1 Å². The first-order valence-corrected chi connectivity index (χ1v) is 12.3. The first-order chi connectivity index (χ1) is 18.9. The Morgan fingerprint density at radius 2 is 1.54 bits per heavy atom. The fourth-order valence-corrected chi connectivity index (χ4v) is 4.48. The number of nitrogen functional groups attached to an aromatic ring is 1. The number of pyridine rings is 1. The number of primary amides is 1.